The molecule has 49 heavy (non-hydrogen) atoms. The van der Waals surface area contributed by atoms with Gasteiger partial charge >= 0.3 is 23.9 Å². The molecule has 0 amide bonds. The van der Waals surface area contributed by atoms with Crippen LogP contribution in [0.25, 0.3) is 0 Å². The Morgan fingerprint density at radius 3 is 1.31 bits per heavy atom. The van der Waals surface area contributed by atoms with Gasteiger partial charge in [0.15, 0.2) is 0 Å². The number of aliphatic carboxylic acids is 4. The van der Waals surface area contributed by atoms with Crippen molar-refractivity contribution in [1.29, 1.82) is 0 Å². The monoisotopic (exact) mass is 849 g/mol. The molecule has 12 N–H and O–H groups in total. The molecule has 0 radical (unpaired) electrons. The molecule has 13 nitrogen and oxygen atoms in total. The summed E-state index contributed by atoms with van der Waals surface area (Å²) in [5.41, 5.74) is 20.7. The average molecular weight is 850 g/mol. The smallest absolute Gasteiger partial charge is 0.322 e. The van der Waals surface area contributed by atoms with E-state index in [1.54, 1.807) is 34.3 Å². The topological polar surface area (TPSA) is 266 Å². The molecule has 0 saturated heterocycles. The predicted molar refractivity (Wildman–Crippen MR) is 224 cm³/mol. The second kappa shape index (κ2) is 46.0. The maximum absolute atomic E-state index is 10.2. The third-order valence-electron chi connectivity index (χ3n) is 5.02. The van der Waals surface area contributed by atoms with Crippen LogP contribution in [0.4, 0.5) is 0 Å². The molecule has 1 aliphatic rings. The SMILES string of the molecule is CCCSCC(N)C(=O)O.CCCSCC(N)C(=O)O.CCCSSCC(N)C(=O)O.CP=S.NC(CN=S)C(=O)O.SC1CCCCC1. The summed E-state index contributed by atoms with van der Waals surface area (Å²) in [5.74, 6) is 0.728. The number of hydrogen-bond acceptors (Lipinski definition) is 16. The van der Waals surface area contributed by atoms with Gasteiger partial charge in [0.05, 0.1) is 6.54 Å². The summed E-state index contributed by atoms with van der Waals surface area (Å²) in [4.78, 5) is 40.4. The van der Waals surface area contributed by atoms with Crippen molar-refractivity contribution < 1.29 is 39.6 Å². The Hall–Kier alpha value is 0.01000. The summed E-state index contributed by atoms with van der Waals surface area (Å²) in [7, 11) is 4.20. The number of nitrogens with two attached hydrogens (primary N) is 4. The summed E-state index contributed by atoms with van der Waals surface area (Å²) in [5, 5.41) is 33.9. The summed E-state index contributed by atoms with van der Waals surface area (Å²) in [6.07, 6.45) is 10.2. The summed E-state index contributed by atoms with van der Waals surface area (Å²) >= 11 is 16.0. The highest BCUT2D eigenvalue weighted by atomic mass is 33.1. The Kier molecular flexibility index (Phi) is 54.8. The Balaban J connectivity index is -0.000000162. The van der Waals surface area contributed by atoms with Gasteiger partial charge in [-0.3, -0.25) is 19.2 Å². The van der Waals surface area contributed by atoms with E-state index in [0.29, 0.717) is 17.3 Å². The number of thioether (sulfide) groups is 2. The van der Waals surface area contributed by atoms with Gasteiger partial charge in [-0.25, -0.2) is 4.36 Å². The van der Waals surface area contributed by atoms with Gasteiger partial charge in [0.25, 0.3) is 0 Å². The standard InChI is InChI=1S/C6H13NO2S2.2C6H13NO2S.C6H12S.C3H6N2O2S.CH3PS/c1-2-3-10-11-4-5(7)6(8)9;2*1-2-3-10-4-5(7)6(8)9;7-6-4-2-1-3-5-6;4-2(1-5-8)3(6)7;1-2-3/h5H,2-4,7H2,1H3,(H,8,9);2*5H,2-4,7H2,1H3,(H,8,9);6-7H,1-5H2;2H,1,4H2,(H,6,7);1H3. The number of carboxylic acids is 4. The normalized spacial score (nSPS) is 14.3. The first-order valence-corrected chi connectivity index (χ1v) is 23.6. The number of carbonyl (C=O) groups is 4. The van der Waals surface area contributed by atoms with E-state index in [1.165, 1.54) is 42.9 Å². The third kappa shape index (κ3) is 54.9. The van der Waals surface area contributed by atoms with Crippen molar-refractivity contribution in [2.45, 2.75) is 102 Å². The van der Waals surface area contributed by atoms with Gasteiger partial charge in [-0.2, -0.15) is 36.2 Å². The molecular formula is C28H60N5O8PS7. The first kappa shape index (κ1) is 58.3. The molecular weight excluding hydrogens is 790 g/mol. The molecule has 0 aliphatic heterocycles. The Morgan fingerprint density at radius 1 is 0.714 bits per heavy atom. The molecule has 0 aromatic heterocycles. The van der Waals surface area contributed by atoms with Crippen molar-refractivity contribution in [3.63, 3.8) is 0 Å². The Labute approximate surface area is 327 Å². The molecule has 0 bridgehead atoms. The molecule has 4 atom stereocenters. The van der Waals surface area contributed by atoms with Crippen molar-refractivity contribution in [2.75, 3.05) is 47.7 Å². The maximum Gasteiger partial charge on any atom is 0.322 e. The van der Waals surface area contributed by atoms with E-state index in [9.17, 15) is 19.2 Å². The van der Waals surface area contributed by atoms with E-state index in [-0.39, 0.29) is 6.54 Å². The van der Waals surface area contributed by atoms with Crippen LogP contribution < -0.4 is 22.9 Å². The molecule has 0 aromatic carbocycles. The summed E-state index contributed by atoms with van der Waals surface area (Å²) in [6.45, 7) is 8.11. The fourth-order valence-corrected chi connectivity index (χ4v) is 6.91. The van der Waals surface area contributed by atoms with Crippen molar-refractivity contribution >= 4 is 113 Å². The largest absolute Gasteiger partial charge is 0.480 e. The predicted octanol–water partition coefficient (Wildman–Crippen LogP) is 4.67. The van der Waals surface area contributed by atoms with Crippen LogP contribution in [0.5, 0.6) is 0 Å². The molecule has 0 spiro atoms. The highest BCUT2D eigenvalue weighted by Crippen LogP contribution is 2.22. The van der Waals surface area contributed by atoms with Gasteiger partial charge in [0.1, 0.15) is 24.2 Å². The lowest BCUT2D eigenvalue weighted by Crippen LogP contribution is -2.32. The van der Waals surface area contributed by atoms with E-state index < -0.39 is 48.0 Å². The Morgan fingerprint density at radius 2 is 1.06 bits per heavy atom. The van der Waals surface area contributed by atoms with E-state index in [0.717, 1.165) is 49.1 Å². The van der Waals surface area contributed by atoms with Crippen molar-refractivity contribution in [2.24, 2.45) is 27.3 Å². The van der Waals surface area contributed by atoms with Gasteiger partial charge in [-0.1, -0.05) is 73.4 Å². The van der Waals surface area contributed by atoms with Crippen molar-refractivity contribution in [1.82, 2.24) is 0 Å². The van der Waals surface area contributed by atoms with Crippen LogP contribution in [0.1, 0.15) is 72.1 Å². The summed E-state index contributed by atoms with van der Waals surface area (Å²) < 4.78 is 3.13. The van der Waals surface area contributed by atoms with Crippen LogP contribution in [0.15, 0.2) is 4.36 Å². The molecule has 1 fully saturated rings. The van der Waals surface area contributed by atoms with Crippen LogP contribution in [-0.2, 0) is 43.4 Å². The van der Waals surface area contributed by atoms with Crippen molar-refractivity contribution in [3.05, 3.63) is 0 Å². The lowest BCUT2D eigenvalue weighted by molar-refractivity contribution is -0.139. The first-order valence-electron chi connectivity index (χ1n) is 15.6. The molecule has 1 rings (SSSR count). The van der Waals surface area contributed by atoms with Gasteiger partial charge in [-0.05, 0) is 57.6 Å². The maximum atomic E-state index is 10.2. The minimum Gasteiger partial charge on any atom is -0.480 e. The van der Waals surface area contributed by atoms with E-state index in [2.05, 4.69) is 62.0 Å². The van der Waals surface area contributed by atoms with Crippen LogP contribution in [0.2, 0.25) is 0 Å². The van der Waals surface area contributed by atoms with Gasteiger partial charge in [0.2, 0.25) is 0 Å². The quantitative estimate of drug-likeness (QED) is 0.0370. The lowest BCUT2D eigenvalue weighted by atomic mass is 10.0. The molecule has 0 heterocycles. The second-order valence-electron chi connectivity index (χ2n) is 9.82. The number of carboxylic acid groups (broad SMARTS) is 4. The van der Waals surface area contributed by atoms with E-state index in [4.69, 9.17) is 43.4 Å². The van der Waals surface area contributed by atoms with Crippen LogP contribution >= 0.6 is 65.1 Å². The van der Waals surface area contributed by atoms with Crippen LogP contribution in [-0.4, -0.2) is 121 Å². The number of rotatable bonds is 19. The molecule has 0 aromatic rings. The van der Waals surface area contributed by atoms with Gasteiger partial charge in [-0.15, -0.1) is 0 Å². The molecule has 292 valence electrons. The number of hydrogen-bond donors (Lipinski definition) is 9. The van der Waals surface area contributed by atoms with E-state index in [1.807, 2.05) is 6.66 Å². The van der Waals surface area contributed by atoms with Gasteiger partial charge < -0.3 is 43.4 Å². The molecule has 21 heteroatoms. The minimum absolute atomic E-state index is 0.00463. The lowest BCUT2D eigenvalue weighted by Gasteiger charge is -2.14. The Bertz CT molecular complexity index is 801. The zero-order valence-corrected chi connectivity index (χ0v) is 35.7. The minimum atomic E-state index is -1.07. The van der Waals surface area contributed by atoms with Crippen LogP contribution in [0.3, 0.4) is 0 Å². The molecule has 1 aliphatic carbocycles. The number of nitrogens with zero attached hydrogens (tertiary/aromatic N) is 1. The average Bonchev–Trinajstić information content (AvgIpc) is 3.05. The first-order chi connectivity index (χ1) is 23.0. The van der Waals surface area contributed by atoms with E-state index >= 15 is 0 Å². The zero-order valence-electron chi connectivity index (χ0n) is 29.0. The fourth-order valence-electron chi connectivity index (χ4n) is 2.43. The van der Waals surface area contributed by atoms with Crippen LogP contribution in [0, 0.1) is 0 Å². The highest BCUT2D eigenvalue weighted by Gasteiger charge is 2.12. The summed E-state index contributed by atoms with van der Waals surface area (Å²) in [6, 6.07) is -3.05. The molecule has 1 saturated carbocycles. The zero-order chi connectivity index (χ0) is 39.0. The van der Waals surface area contributed by atoms with Crippen molar-refractivity contribution in [3.8, 4) is 0 Å². The fraction of sp³-hybridized carbons (Fsp3) is 0.857. The second-order valence-corrected chi connectivity index (χ2v) is 17.2. The number of thiol groups is 1. The highest BCUT2D eigenvalue weighted by molar-refractivity contribution is 8.76. The third-order valence-corrected chi connectivity index (χ3v) is 10.9. The molecule has 4 unspecified atom stereocenters. The van der Waals surface area contributed by atoms with Gasteiger partial charge in [0, 0.05) is 40.7 Å².